The maximum atomic E-state index is 12.5. The van der Waals surface area contributed by atoms with Crippen molar-refractivity contribution in [1.82, 2.24) is 15.3 Å². The summed E-state index contributed by atoms with van der Waals surface area (Å²) in [4.78, 5) is 23.3. The smallest absolute Gasteiger partial charge is 0.270 e. The zero-order valence-electron chi connectivity index (χ0n) is 16.1. The van der Waals surface area contributed by atoms with Gasteiger partial charge in [0.15, 0.2) is 0 Å². The van der Waals surface area contributed by atoms with Crippen molar-refractivity contribution in [1.29, 1.82) is 0 Å². The molecule has 1 heterocycles. The van der Waals surface area contributed by atoms with Gasteiger partial charge < -0.3 is 15.0 Å². The number of nitrogens with one attached hydrogen (secondary N) is 1. The molecule has 0 fully saturated rings. The van der Waals surface area contributed by atoms with E-state index in [0.717, 1.165) is 42.8 Å². The number of nitrogens with zero attached hydrogens (tertiary/aromatic N) is 3. The Morgan fingerprint density at radius 3 is 2.81 bits per heavy atom. The van der Waals surface area contributed by atoms with Gasteiger partial charge in [-0.15, -0.1) is 0 Å². The van der Waals surface area contributed by atoms with Gasteiger partial charge in [0.25, 0.3) is 5.91 Å². The number of unbranched alkanes of at least 4 members (excludes halogenated alkanes) is 1. The molecule has 0 bridgehead atoms. The molecule has 0 saturated carbocycles. The lowest BCUT2D eigenvalue weighted by Gasteiger charge is -2.17. The molecule has 6 heteroatoms. The zero-order chi connectivity index (χ0) is 18.9. The van der Waals surface area contributed by atoms with E-state index in [4.69, 9.17) is 4.74 Å². The minimum atomic E-state index is -0.177. The molecular formula is C20H28N4O2. The topological polar surface area (TPSA) is 67.4 Å². The van der Waals surface area contributed by atoms with Crippen LogP contribution in [0.5, 0.6) is 5.75 Å². The zero-order valence-corrected chi connectivity index (χ0v) is 16.1. The first kappa shape index (κ1) is 19.7. The maximum Gasteiger partial charge on any atom is 0.270 e. The van der Waals surface area contributed by atoms with E-state index in [9.17, 15) is 4.79 Å². The highest BCUT2D eigenvalue weighted by atomic mass is 16.5. The van der Waals surface area contributed by atoms with Crippen molar-refractivity contribution >= 4 is 11.9 Å². The Bertz CT molecular complexity index is 734. The number of anilines is 1. The monoisotopic (exact) mass is 356 g/mol. The van der Waals surface area contributed by atoms with E-state index in [1.807, 2.05) is 43.1 Å². The molecule has 26 heavy (non-hydrogen) atoms. The van der Waals surface area contributed by atoms with Gasteiger partial charge >= 0.3 is 0 Å². The van der Waals surface area contributed by atoms with E-state index in [-0.39, 0.29) is 5.91 Å². The molecule has 2 rings (SSSR count). The molecular weight excluding hydrogens is 328 g/mol. The van der Waals surface area contributed by atoms with Crippen molar-refractivity contribution in [3.8, 4) is 5.75 Å². The van der Waals surface area contributed by atoms with E-state index < -0.39 is 0 Å². The van der Waals surface area contributed by atoms with Crippen molar-refractivity contribution in [2.45, 2.75) is 33.1 Å². The molecule has 1 aromatic carbocycles. The predicted octanol–water partition coefficient (Wildman–Crippen LogP) is 3.00. The van der Waals surface area contributed by atoms with Gasteiger partial charge in [-0.1, -0.05) is 25.5 Å². The lowest BCUT2D eigenvalue weighted by molar-refractivity contribution is 0.0949. The first-order valence-corrected chi connectivity index (χ1v) is 9.01. The van der Waals surface area contributed by atoms with Crippen LogP contribution < -0.4 is 15.0 Å². The Hall–Kier alpha value is -2.63. The molecule has 2 aromatic rings. The number of hydrogen-bond acceptors (Lipinski definition) is 5. The summed E-state index contributed by atoms with van der Waals surface area (Å²) in [5.74, 6) is 1.24. The molecule has 1 aromatic heterocycles. The largest absolute Gasteiger partial charge is 0.497 e. The number of benzene rings is 1. The second-order valence-corrected chi connectivity index (χ2v) is 6.33. The van der Waals surface area contributed by atoms with Crippen LogP contribution in [0.2, 0.25) is 0 Å². The van der Waals surface area contributed by atoms with Gasteiger partial charge in [0.2, 0.25) is 5.95 Å². The summed E-state index contributed by atoms with van der Waals surface area (Å²) in [6.07, 6.45) is 2.90. The van der Waals surface area contributed by atoms with E-state index in [2.05, 4.69) is 22.2 Å². The number of ether oxygens (including phenoxy) is 1. The van der Waals surface area contributed by atoms with Crippen molar-refractivity contribution in [2.75, 3.05) is 32.1 Å². The molecule has 0 atom stereocenters. The van der Waals surface area contributed by atoms with E-state index in [1.54, 1.807) is 13.2 Å². The third kappa shape index (κ3) is 5.72. The van der Waals surface area contributed by atoms with Gasteiger partial charge in [0, 0.05) is 25.8 Å². The minimum absolute atomic E-state index is 0.177. The molecule has 0 unspecified atom stereocenters. The minimum Gasteiger partial charge on any atom is -0.497 e. The highest BCUT2D eigenvalue weighted by Crippen LogP contribution is 2.13. The van der Waals surface area contributed by atoms with Crippen molar-refractivity contribution in [2.24, 2.45) is 0 Å². The van der Waals surface area contributed by atoms with Gasteiger partial charge in [0.05, 0.1) is 7.11 Å². The number of carbonyl (C=O) groups is 1. The van der Waals surface area contributed by atoms with Crippen LogP contribution in [-0.4, -0.2) is 43.1 Å². The molecule has 0 radical (unpaired) electrons. The molecule has 0 saturated heterocycles. The Morgan fingerprint density at radius 2 is 2.08 bits per heavy atom. The Balaban J connectivity index is 1.97. The number of carbonyl (C=O) groups excluding carboxylic acids is 1. The summed E-state index contributed by atoms with van der Waals surface area (Å²) in [5.41, 5.74) is 2.31. The molecule has 0 aliphatic carbocycles. The summed E-state index contributed by atoms with van der Waals surface area (Å²) in [6.45, 7) is 5.44. The van der Waals surface area contributed by atoms with Crippen LogP contribution in [0.4, 0.5) is 5.95 Å². The summed E-state index contributed by atoms with van der Waals surface area (Å²) < 4.78 is 5.22. The molecule has 0 spiro atoms. The Morgan fingerprint density at radius 1 is 1.27 bits per heavy atom. The predicted molar refractivity (Wildman–Crippen MR) is 104 cm³/mol. The van der Waals surface area contributed by atoms with Crippen molar-refractivity contribution < 1.29 is 9.53 Å². The van der Waals surface area contributed by atoms with Crippen LogP contribution in [-0.2, 0) is 6.42 Å². The molecule has 6 nitrogen and oxygen atoms in total. The van der Waals surface area contributed by atoms with Crippen LogP contribution in [0.1, 0.15) is 41.5 Å². The average Bonchev–Trinajstić information content (AvgIpc) is 2.65. The van der Waals surface area contributed by atoms with Gasteiger partial charge in [-0.3, -0.25) is 4.79 Å². The number of hydrogen-bond donors (Lipinski definition) is 1. The lowest BCUT2D eigenvalue weighted by Crippen LogP contribution is -2.28. The van der Waals surface area contributed by atoms with Crippen LogP contribution in [0, 0.1) is 6.92 Å². The summed E-state index contributed by atoms with van der Waals surface area (Å²) in [6, 6.07) is 9.56. The maximum absolute atomic E-state index is 12.5. The Kier molecular flexibility index (Phi) is 7.38. The summed E-state index contributed by atoms with van der Waals surface area (Å²) >= 11 is 0. The van der Waals surface area contributed by atoms with Gasteiger partial charge in [-0.2, -0.15) is 0 Å². The highest BCUT2D eigenvalue weighted by Gasteiger charge is 2.12. The van der Waals surface area contributed by atoms with Crippen molar-refractivity contribution in [3.63, 3.8) is 0 Å². The molecule has 0 aliphatic heterocycles. The molecule has 140 valence electrons. The van der Waals surface area contributed by atoms with Crippen LogP contribution in [0.15, 0.2) is 30.3 Å². The normalized spacial score (nSPS) is 10.5. The fraction of sp³-hybridized carbons (Fsp3) is 0.450. The fourth-order valence-corrected chi connectivity index (χ4v) is 2.57. The molecule has 1 amide bonds. The van der Waals surface area contributed by atoms with Gasteiger partial charge in [0.1, 0.15) is 11.4 Å². The second-order valence-electron chi connectivity index (χ2n) is 6.33. The highest BCUT2D eigenvalue weighted by molar-refractivity contribution is 5.92. The van der Waals surface area contributed by atoms with Crippen LogP contribution in [0.25, 0.3) is 0 Å². The average molecular weight is 356 g/mol. The fourth-order valence-electron chi connectivity index (χ4n) is 2.57. The van der Waals surface area contributed by atoms with Gasteiger partial charge in [-0.25, -0.2) is 9.97 Å². The standard InChI is InChI=1S/C20H28N4O2/c1-5-6-12-24(3)20-22-15(2)13-18(23-20)19(25)21-11-10-16-8-7-9-17(14-16)26-4/h7-9,13-14H,5-6,10-12H2,1-4H3,(H,21,25). The second kappa shape index (κ2) is 9.75. The van der Waals surface area contributed by atoms with E-state index in [0.29, 0.717) is 18.2 Å². The van der Waals surface area contributed by atoms with E-state index in [1.165, 1.54) is 0 Å². The Labute approximate surface area is 155 Å². The van der Waals surface area contributed by atoms with E-state index >= 15 is 0 Å². The van der Waals surface area contributed by atoms with Crippen molar-refractivity contribution in [3.05, 3.63) is 47.3 Å². The third-order valence-corrected chi connectivity index (χ3v) is 4.10. The number of rotatable bonds is 9. The quantitative estimate of drug-likeness (QED) is 0.748. The third-order valence-electron chi connectivity index (χ3n) is 4.10. The number of methoxy groups -OCH3 is 1. The number of aromatic nitrogens is 2. The first-order chi connectivity index (χ1) is 12.5. The molecule has 0 aliphatic rings. The number of amides is 1. The van der Waals surface area contributed by atoms with Crippen LogP contribution >= 0.6 is 0 Å². The summed E-state index contributed by atoms with van der Waals surface area (Å²) in [7, 11) is 3.60. The number of aryl methyl sites for hydroxylation is 1. The van der Waals surface area contributed by atoms with Crippen LogP contribution in [0.3, 0.4) is 0 Å². The molecule has 1 N–H and O–H groups in total. The lowest BCUT2D eigenvalue weighted by atomic mass is 10.1. The van der Waals surface area contributed by atoms with Gasteiger partial charge in [-0.05, 0) is 43.5 Å². The SMILES string of the molecule is CCCCN(C)c1nc(C)cc(C(=O)NCCc2cccc(OC)c2)n1. The first-order valence-electron chi connectivity index (χ1n) is 9.01. The summed E-state index contributed by atoms with van der Waals surface area (Å²) in [5, 5.41) is 2.93.